The van der Waals surface area contributed by atoms with Crippen molar-refractivity contribution in [3.05, 3.63) is 23.8 Å². The molecule has 1 unspecified atom stereocenters. The lowest BCUT2D eigenvalue weighted by atomic mass is 10.0. The van der Waals surface area contributed by atoms with Gasteiger partial charge < -0.3 is 19.3 Å². The molecule has 146 valence electrons. The van der Waals surface area contributed by atoms with Gasteiger partial charge in [-0.1, -0.05) is 32.3 Å². The topological polar surface area (TPSA) is 82.1 Å². The number of esters is 1. The third-order valence-electron chi connectivity index (χ3n) is 4.10. The van der Waals surface area contributed by atoms with Gasteiger partial charge in [0.05, 0.1) is 20.3 Å². The Morgan fingerprint density at radius 2 is 1.92 bits per heavy atom. The Balaban J connectivity index is 2.49. The Morgan fingerprint density at radius 1 is 1.15 bits per heavy atom. The number of aliphatic hydroxyl groups excluding tert-OH is 1. The number of hydrogen-bond donors (Lipinski definition) is 1. The van der Waals surface area contributed by atoms with Crippen molar-refractivity contribution in [1.29, 1.82) is 0 Å². The third-order valence-corrected chi connectivity index (χ3v) is 4.10. The molecule has 0 fully saturated rings. The first-order valence-corrected chi connectivity index (χ1v) is 9.06. The maximum absolute atomic E-state index is 12.0. The van der Waals surface area contributed by atoms with E-state index in [0.717, 1.165) is 24.8 Å². The summed E-state index contributed by atoms with van der Waals surface area (Å²) >= 11 is 0. The zero-order valence-corrected chi connectivity index (χ0v) is 16.0. The molecule has 0 saturated carbocycles. The van der Waals surface area contributed by atoms with E-state index in [0.29, 0.717) is 30.8 Å². The van der Waals surface area contributed by atoms with E-state index in [1.54, 1.807) is 12.1 Å². The molecule has 1 N–H and O–H groups in total. The van der Waals surface area contributed by atoms with Crippen molar-refractivity contribution in [2.45, 2.75) is 58.0 Å². The molecule has 26 heavy (non-hydrogen) atoms. The summed E-state index contributed by atoms with van der Waals surface area (Å²) in [5.74, 6) is 0.524. The van der Waals surface area contributed by atoms with Crippen LogP contribution in [0.25, 0.3) is 0 Å². The van der Waals surface area contributed by atoms with E-state index in [9.17, 15) is 14.7 Å². The fraction of sp³-hybridized carbons (Fsp3) is 0.600. The number of carbonyl (C=O) groups is 2. The monoisotopic (exact) mass is 366 g/mol. The van der Waals surface area contributed by atoms with Crippen LogP contribution in [0.3, 0.4) is 0 Å². The summed E-state index contributed by atoms with van der Waals surface area (Å²) in [7, 11) is 2.81. The van der Waals surface area contributed by atoms with Gasteiger partial charge in [0.1, 0.15) is 5.78 Å². The molecular formula is C20H30O6. The number of benzene rings is 1. The molecule has 0 aliphatic heterocycles. The number of ether oxygens (including phenoxy) is 3. The van der Waals surface area contributed by atoms with Crippen LogP contribution in [0.4, 0.5) is 0 Å². The van der Waals surface area contributed by atoms with Crippen LogP contribution < -0.4 is 9.47 Å². The quantitative estimate of drug-likeness (QED) is 0.427. The number of rotatable bonds is 13. The second-order valence-corrected chi connectivity index (χ2v) is 6.24. The summed E-state index contributed by atoms with van der Waals surface area (Å²) in [5, 5.41) is 9.89. The van der Waals surface area contributed by atoms with E-state index in [-0.39, 0.29) is 18.8 Å². The van der Waals surface area contributed by atoms with Gasteiger partial charge in [0.15, 0.2) is 18.1 Å². The molecule has 1 rings (SSSR count). The Hall–Kier alpha value is -2.08. The first kappa shape index (κ1) is 22.0. The number of Topliss-reactive ketones (excluding diaryl/α,β-unsaturated/α-hetero) is 1. The van der Waals surface area contributed by atoms with E-state index in [1.807, 2.05) is 6.07 Å². The Labute approximate surface area is 155 Å². The van der Waals surface area contributed by atoms with Crippen molar-refractivity contribution in [2.24, 2.45) is 0 Å². The highest BCUT2D eigenvalue weighted by Gasteiger charge is 2.12. The van der Waals surface area contributed by atoms with Gasteiger partial charge >= 0.3 is 5.97 Å². The van der Waals surface area contributed by atoms with Crippen LogP contribution >= 0.6 is 0 Å². The van der Waals surface area contributed by atoms with Gasteiger partial charge in [-0.3, -0.25) is 4.79 Å². The van der Waals surface area contributed by atoms with E-state index < -0.39 is 12.1 Å². The summed E-state index contributed by atoms with van der Waals surface area (Å²) in [5.41, 5.74) is 0.932. The minimum Gasteiger partial charge on any atom is -0.493 e. The molecule has 0 bridgehead atoms. The highest BCUT2D eigenvalue weighted by atomic mass is 16.6. The molecule has 0 radical (unpaired) electrons. The van der Waals surface area contributed by atoms with Crippen molar-refractivity contribution in [3.63, 3.8) is 0 Å². The predicted octanol–water partition coefficient (Wildman–Crippen LogP) is 3.08. The molecule has 0 heterocycles. The van der Waals surface area contributed by atoms with Crippen molar-refractivity contribution < 1.29 is 28.9 Å². The molecule has 0 aliphatic carbocycles. The molecule has 0 spiro atoms. The fourth-order valence-corrected chi connectivity index (χ4v) is 2.56. The Kier molecular flexibility index (Phi) is 10.4. The SMILES string of the molecule is CCCCCC(O)CC(=O)CCc1ccc(OCC(=O)OC)c(OC)c1. The van der Waals surface area contributed by atoms with Crippen molar-refractivity contribution in [2.75, 3.05) is 20.8 Å². The second-order valence-electron chi connectivity index (χ2n) is 6.24. The van der Waals surface area contributed by atoms with Gasteiger partial charge in [0.25, 0.3) is 0 Å². The molecule has 1 aromatic rings. The molecule has 0 aliphatic rings. The van der Waals surface area contributed by atoms with Gasteiger partial charge in [-0.25, -0.2) is 4.79 Å². The fourth-order valence-electron chi connectivity index (χ4n) is 2.56. The lowest BCUT2D eigenvalue weighted by molar-refractivity contribution is -0.142. The molecule has 0 amide bonds. The average Bonchev–Trinajstić information content (AvgIpc) is 2.64. The van der Waals surface area contributed by atoms with Gasteiger partial charge in [-0.2, -0.15) is 0 Å². The van der Waals surface area contributed by atoms with E-state index in [4.69, 9.17) is 9.47 Å². The molecule has 1 atom stereocenters. The van der Waals surface area contributed by atoms with Crippen LogP contribution in [0.1, 0.15) is 51.0 Å². The minimum atomic E-state index is -0.544. The summed E-state index contributed by atoms with van der Waals surface area (Å²) in [6.45, 7) is 1.91. The largest absolute Gasteiger partial charge is 0.493 e. The number of unbranched alkanes of at least 4 members (excludes halogenated alkanes) is 2. The predicted molar refractivity (Wildman–Crippen MR) is 98.6 cm³/mol. The van der Waals surface area contributed by atoms with E-state index in [2.05, 4.69) is 11.7 Å². The van der Waals surface area contributed by atoms with Crippen molar-refractivity contribution in [1.82, 2.24) is 0 Å². The second kappa shape index (κ2) is 12.3. The standard InChI is InChI=1S/C20H30O6/c1-4-5-6-7-16(21)13-17(22)10-8-15-9-11-18(19(12-15)24-2)26-14-20(23)25-3/h9,11-12,16,21H,4-8,10,13-14H2,1-3H3. The van der Waals surface area contributed by atoms with Gasteiger partial charge in [-0.15, -0.1) is 0 Å². The zero-order chi connectivity index (χ0) is 19.4. The summed E-state index contributed by atoms with van der Waals surface area (Å²) in [4.78, 5) is 23.2. The average molecular weight is 366 g/mol. The highest BCUT2D eigenvalue weighted by Crippen LogP contribution is 2.28. The maximum Gasteiger partial charge on any atom is 0.343 e. The van der Waals surface area contributed by atoms with Crippen LogP contribution in [0.15, 0.2) is 18.2 Å². The maximum atomic E-state index is 12.0. The first-order valence-electron chi connectivity index (χ1n) is 9.06. The lowest BCUT2D eigenvalue weighted by Crippen LogP contribution is -2.14. The van der Waals surface area contributed by atoms with Crippen molar-refractivity contribution in [3.8, 4) is 11.5 Å². The first-order chi connectivity index (χ1) is 12.5. The van der Waals surface area contributed by atoms with E-state index >= 15 is 0 Å². The van der Waals surface area contributed by atoms with Crippen molar-refractivity contribution >= 4 is 11.8 Å². The van der Waals surface area contributed by atoms with Crippen LogP contribution in [0.5, 0.6) is 11.5 Å². The molecule has 1 aromatic carbocycles. The zero-order valence-electron chi connectivity index (χ0n) is 16.0. The number of aryl methyl sites for hydroxylation is 1. The minimum absolute atomic E-state index is 0.0546. The molecule has 0 saturated heterocycles. The smallest absolute Gasteiger partial charge is 0.343 e. The molecule has 6 heteroatoms. The summed E-state index contributed by atoms with van der Waals surface area (Å²) in [6.07, 6.45) is 4.41. The lowest BCUT2D eigenvalue weighted by Gasteiger charge is -2.12. The summed E-state index contributed by atoms with van der Waals surface area (Å²) < 4.78 is 15.2. The van der Waals surface area contributed by atoms with E-state index in [1.165, 1.54) is 14.2 Å². The number of carbonyl (C=O) groups excluding carboxylic acids is 2. The number of hydrogen-bond acceptors (Lipinski definition) is 6. The Morgan fingerprint density at radius 3 is 2.58 bits per heavy atom. The van der Waals surface area contributed by atoms with Crippen LogP contribution in [-0.4, -0.2) is 43.8 Å². The summed E-state index contributed by atoms with van der Waals surface area (Å²) in [6, 6.07) is 5.33. The van der Waals surface area contributed by atoms with Gasteiger partial charge in [-0.05, 0) is 30.5 Å². The molecule has 0 aromatic heterocycles. The Bertz CT molecular complexity index is 569. The highest BCUT2D eigenvalue weighted by molar-refractivity contribution is 5.79. The number of ketones is 1. The van der Waals surface area contributed by atoms with Crippen LogP contribution in [0, 0.1) is 0 Å². The van der Waals surface area contributed by atoms with Crippen LogP contribution in [-0.2, 0) is 20.7 Å². The molecule has 6 nitrogen and oxygen atoms in total. The van der Waals surface area contributed by atoms with Gasteiger partial charge in [0, 0.05) is 12.8 Å². The number of aliphatic hydroxyl groups is 1. The molecular weight excluding hydrogens is 336 g/mol. The van der Waals surface area contributed by atoms with Gasteiger partial charge in [0.2, 0.25) is 0 Å². The third kappa shape index (κ3) is 8.34. The van der Waals surface area contributed by atoms with Crippen LogP contribution in [0.2, 0.25) is 0 Å². The normalized spacial score (nSPS) is 11.7. The number of methoxy groups -OCH3 is 2.